The average Bonchev–Trinajstić information content (AvgIpc) is 2.58. The Labute approximate surface area is 99.2 Å². The molecule has 0 amide bonds. The molecular formula is C15H19P. The molecular weight excluding hydrogens is 211 g/mol. The van der Waals surface area contributed by atoms with Gasteiger partial charge in [0.1, 0.15) is 0 Å². The van der Waals surface area contributed by atoms with Crippen molar-refractivity contribution >= 4 is 13.2 Å². The van der Waals surface area contributed by atoms with Crippen LogP contribution in [0.3, 0.4) is 0 Å². The second-order valence-corrected chi connectivity index (χ2v) is 8.69. The molecule has 0 aromatic heterocycles. The summed E-state index contributed by atoms with van der Waals surface area (Å²) in [5.74, 6) is 0. The van der Waals surface area contributed by atoms with Crippen LogP contribution in [0.1, 0.15) is 44.9 Å². The lowest BCUT2D eigenvalue weighted by atomic mass is 9.75. The maximum absolute atomic E-state index is 2.40. The Morgan fingerprint density at radius 1 is 0.750 bits per heavy atom. The number of hydrogen-bond donors (Lipinski definition) is 0. The smallest absolute Gasteiger partial charge is 0.00497 e. The second kappa shape index (κ2) is 3.10. The minimum atomic E-state index is 0.210. The van der Waals surface area contributed by atoms with Crippen LogP contribution in [-0.4, -0.2) is 10.3 Å². The Kier molecular flexibility index (Phi) is 1.87. The van der Waals surface area contributed by atoms with Crippen LogP contribution in [0.25, 0.3) is 0 Å². The molecule has 1 aromatic carbocycles. The third-order valence-corrected chi connectivity index (χ3v) is 9.35. The molecule has 1 aliphatic heterocycles. The van der Waals surface area contributed by atoms with Crippen LogP contribution in [0.5, 0.6) is 0 Å². The van der Waals surface area contributed by atoms with Crippen molar-refractivity contribution in [3.8, 4) is 0 Å². The van der Waals surface area contributed by atoms with E-state index in [1.807, 2.05) is 0 Å². The number of fused-ring (bicyclic) bond motifs is 1. The van der Waals surface area contributed by atoms with Gasteiger partial charge in [-0.2, -0.15) is 0 Å². The lowest BCUT2D eigenvalue weighted by molar-refractivity contribution is 0.342. The minimum Gasteiger partial charge on any atom is -0.0622 e. The van der Waals surface area contributed by atoms with E-state index in [-0.39, 0.29) is 7.92 Å². The van der Waals surface area contributed by atoms with E-state index in [1.165, 1.54) is 19.3 Å². The summed E-state index contributed by atoms with van der Waals surface area (Å²) in [4.78, 5) is 0. The molecule has 16 heavy (non-hydrogen) atoms. The molecule has 4 rings (SSSR count). The summed E-state index contributed by atoms with van der Waals surface area (Å²) in [5, 5.41) is 3.36. The van der Waals surface area contributed by atoms with Gasteiger partial charge >= 0.3 is 0 Å². The fraction of sp³-hybridized carbons (Fsp3) is 0.600. The lowest BCUT2D eigenvalue weighted by Gasteiger charge is -2.30. The van der Waals surface area contributed by atoms with E-state index in [4.69, 9.17) is 0 Å². The average molecular weight is 230 g/mol. The lowest BCUT2D eigenvalue weighted by Crippen LogP contribution is -2.30. The number of rotatable bonds is 1. The summed E-state index contributed by atoms with van der Waals surface area (Å²) < 4.78 is 0. The van der Waals surface area contributed by atoms with Gasteiger partial charge in [0.15, 0.2) is 0 Å². The van der Waals surface area contributed by atoms with Gasteiger partial charge in [0, 0.05) is 10.3 Å². The van der Waals surface area contributed by atoms with Crippen LogP contribution in [0, 0.1) is 0 Å². The zero-order valence-corrected chi connectivity index (χ0v) is 10.7. The van der Waals surface area contributed by atoms with Gasteiger partial charge in [0.25, 0.3) is 0 Å². The minimum absolute atomic E-state index is 0.210. The van der Waals surface area contributed by atoms with E-state index < -0.39 is 0 Å². The first kappa shape index (κ1) is 9.66. The van der Waals surface area contributed by atoms with Gasteiger partial charge in [-0.25, -0.2) is 0 Å². The maximum atomic E-state index is 2.40. The first-order valence-electron chi connectivity index (χ1n) is 6.75. The van der Waals surface area contributed by atoms with E-state index in [9.17, 15) is 0 Å². The third-order valence-electron chi connectivity index (χ3n) is 5.30. The molecule has 1 saturated heterocycles. The van der Waals surface area contributed by atoms with Crippen molar-refractivity contribution in [3.63, 3.8) is 0 Å². The number of hydrogen-bond acceptors (Lipinski definition) is 0. The van der Waals surface area contributed by atoms with Crippen LogP contribution < -0.4 is 5.30 Å². The van der Waals surface area contributed by atoms with Crippen molar-refractivity contribution in [1.29, 1.82) is 0 Å². The van der Waals surface area contributed by atoms with Crippen LogP contribution >= 0.6 is 7.92 Å². The van der Waals surface area contributed by atoms with Gasteiger partial charge in [-0.3, -0.25) is 0 Å². The highest BCUT2D eigenvalue weighted by molar-refractivity contribution is 7.77. The first-order valence-corrected chi connectivity index (χ1v) is 8.09. The maximum Gasteiger partial charge on any atom is 0.00497 e. The summed E-state index contributed by atoms with van der Waals surface area (Å²) in [7, 11) is 0.210. The molecule has 1 aromatic rings. The van der Waals surface area contributed by atoms with E-state index in [0.717, 1.165) is 10.3 Å². The van der Waals surface area contributed by atoms with Crippen molar-refractivity contribution in [2.45, 2.75) is 55.3 Å². The van der Waals surface area contributed by atoms with Crippen LogP contribution in [0.4, 0.5) is 0 Å². The molecule has 0 nitrogen and oxygen atoms in total. The highest BCUT2D eigenvalue weighted by Crippen LogP contribution is 2.92. The van der Waals surface area contributed by atoms with Crippen molar-refractivity contribution in [1.82, 2.24) is 0 Å². The fourth-order valence-electron chi connectivity index (χ4n) is 4.49. The SMILES string of the molecule is c1ccc(P2C3(CCCC3)C23CCC3)cc1. The molecule has 1 heteroatoms. The molecule has 0 radical (unpaired) electrons. The molecule has 0 N–H and O–H groups in total. The van der Waals surface area contributed by atoms with E-state index >= 15 is 0 Å². The predicted molar refractivity (Wildman–Crippen MR) is 70.8 cm³/mol. The standard InChI is InChI=1S/C15H19P/c1-2-7-13(8-3-1)16-14(9-4-5-10-14)15(16)11-6-12-15/h1-3,7-8H,4-6,9-12H2. The molecule has 84 valence electrons. The molecule has 1 unspecified atom stereocenters. The van der Waals surface area contributed by atoms with Gasteiger partial charge in [0.2, 0.25) is 0 Å². The molecule has 1 heterocycles. The first-order chi connectivity index (χ1) is 7.89. The monoisotopic (exact) mass is 230 g/mol. The highest BCUT2D eigenvalue weighted by atomic mass is 31.1. The van der Waals surface area contributed by atoms with E-state index in [2.05, 4.69) is 30.3 Å². The molecule has 2 aliphatic carbocycles. The molecule has 0 bridgehead atoms. The summed E-state index contributed by atoms with van der Waals surface area (Å²) in [6, 6.07) is 11.4. The highest BCUT2D eigenvalue weighted by Gasteiger charge is 2.77. The fourth-order valence-corrected chi connectivity index (χ4v) is 9.20. The topological polar surface area (TPSA) is 0 Å². The van der Waals surface area contributed by atoms with Gasteiger partial charge in [-0.15, -0.1) is 0 Å². The molecule has 2 spiro atoms. The van der Waals surface area contributed by atoms with Crippen molar-refractivity contribution < 1.29 is 0 Å². The zero-order chi connectivity index (χ0) is 10.6. The van der Waals surface area contributed by atoms with Gasteiger partial charge in [-0.05, 0) is 31.0 Å². The normalized spacial score (nSPS) is 32.9. The van der Waals surface area contributed by atoms with Crippen LogP contribution in [0.15, 0.2) is 30.3 Å². The van der Waals surface area contributed by atoms with Crippen molar-refractivity contribution in [2.75, 3.05) is 0 Å². The molecule has 1 atom stereocenters. The van der Waals surface area contributed by atoms with Gasteiger partial charge in [0.05, 0.1) is 0 Å². The Hall–Kier alpha value is -0.350. The number of benzene rings is 1. The Balaban J connectivity index is 1.74. The molecule has 3 fully saturated rings. The molecule has 2 saturated carbocycles. The molecule has 3 aliphatic rings. The summed E-state index contributed by atoms with van der Waals surface area (Å²) >= 11 is 0. The second-order valence-electron chi connectivity index (χ2n) is 5.79. The van der Waals surface area contributed by atoms with Crippen molar-refractivity contribution in [2.24, 2.45) is 0 Å². The van der Waals surface area contributed by atoms with Gasteiger partial charge < -0.3 is 0 Å². The zero-order valence-electron chi connectivity index (χ0n) is 9.78. The van der Waals surface area contributed by atoms with Gasteiger partial charge in [-0.1, -0.05) is 57.5 Å². The van der Waals surface area contributed by atoms with E-state index in [0.29, 0.717) is 0 Å². The summed E-state index contributed by atoms with van der Waals surface area (Å²) in [6.45, 7) is 0. The Morgan fingerprint density at radius 2 is 1.31 bits per heavy atom. The largest absolute Gasteiger partial charge is 0.0622 e. The third kappa shape index (κ3) is 0.962. The van der Waals surface area contributed by atoms with E-state index in [1.54, 1.807) is 31.0 Å². The Bertz CT molecular complexity index is 399. The quantitative estimate of drug-likeness (QED) is 0.639. The Morgan fingerprint density at radius 3 is 1.81 bits per heavy atom. The predicted octanol–water partition coefficient (Wildman–Crippen LogP) is 4.04. The van der Waals surface area contributed by atoms with Crippen LogP contribution in [-0.2, 0) is 0 Å². The van der Waals surface area contributed by atoms with Crippen LogP contribution in [0.2, 0.25) is 0 Å². The summed E-state index contributed by atoms with van der Waals surface area (Å²) in [5.41, 5.74) is 0. The van der Waals surface area contributed by atoms with Crippen molar-refractivity contribution in [3.05, 3.63) is 30.3 Å². The summed E-state index contributed by atoms with van der Waals surface area (Å²) in [6.07, 6.45) is 10.7.